The van der Waals surface area contributed by atoms with Crippen molar-refractivity contribution in [3.63, 3.8) is 0 Å². The first kappa shape index (κ1) is 103. The van der Waals surface area contributed by atoms with Crippen molar-refractivity contribution in [3.8, 4) is 78.7 Å². The van der Waals surface area contributed by atoms with Crippen LogP contribution in [0.3, 0.4) is 0 Å². The standard InChI is InChI=1S/C32H35ClN2O3.C28H34ClNO3.C27H25ClN2O3.C27H27ClN2O2/c1-20-18-26-23(15-16-25(35-26)24-10-8-9-17-34-24)29(21-11-13-22(33)14-12-21)28(20)27(38-32(5,6)7)19-37-30(36)31(2,3)4;1-17-15-22-21(14-9-18(2)30-22)25(19-10-12-20(29)13-11-19)24(17)23(33-28(6,7)8)16-32-26(31)27(3,4)5;1-16-15-22-19(12-13-21(30-22)20-7-5-6-14-29-20)24(17-8-10-18(28)11-9-17)23(16)25(26(31)32)33-27(2,3)4;1-17-15-23-20(12-13-22(30-23)21-7-5-6-14-29-21)26(18-8-10-19(28)11-9-18)25(17)24(16-31)32-27(2,3)4/h8-18,27H,19H2,1-7H3;9-15,23H,16H2,1-8H3;5-15,25H,1-4H3,(H,31,32);5-15,24,31H,16H2,1-4H3/t27-;23-;25-;24-/m1101/s1. The van der Waals surface area contributed by atoms with Crippen molar-refractivity contribution in [2.75, 3.05) is 19.8 Å². The van der Waals surface area contributed by atoms with Gasteiger partial charge in [0.15, 0.2) is 6.10 Å². The fraction of sp³-hybridized carbons (Fsp3) is 0.316. The number of esters is 2. The summed E-state index contributed by atoms with van der Waals surface area (Å²) in [7, 11) is 0. The number of pyridine rings is 7. The van der Waals surface area contributed by atoms with Crippen LogP contribution in [0, 0.1) is 45.4 Å². The zero-order valence-corrected chi connectivity index (χ0v) is 84.8. The summed E-state index contributed by atoms with van der Waals surface area (Å²) < 4.78 is 37.0. The maximum atomic E-state index is 12.7. The molecule has 0 aliphatic carbocycles. The van der Waals surface area contributed by atoms with E-state index in [4.69, 9.17) is 94.8 Å². The van der Waals surface area contributed by atoms with Crippen molar-refractivity contribution in [3.05, 3.63) is 313 Å². The maximum absolute atomic E-state index is 12.7. The van der Waals surface area contributed by atoms with Crippen molar-refractivity contribution >= 4 is 108 Å². The van der Waals surface area contributed by atoms with Crippen molar-refractivity contribution in [1.29, 1.82) is 0 Å². The zero-order valence-electron chi connectivity index (χ0n) is 81.7. The number of aromatic nitrogens is 7. The number of fused-ring (bicyclic) bond motifs is 4. The van der Waals surface area contributed by atoms with Crippen LogP contribution >= 0.6 is 46.4 Å². The van der Waals surface area contributed by atoms with Crippen LogP contribution in [0.5, 0.6) is 0 Å². The number of ether oxygens (including phenoxy) is 6. The molecule has 0 radical (unpaired) electrons. The molecule has 0 aliphatic rings. The number of carbonyl (C=O) groups excluding carboxylic acids is 2. The lowest BCUT2D eigenvalue weighted by Gasteiger charge is -2.31. The number of hydrogen-bond donors (Lipinski definition) is 2. The molecule has 22 heteroatoms. The minimum atomic E-state index is -1.14. The smallest absolute Gasteiger partial charge is 0.337 e. The lowest BCUT2D eigenvalue weighted by molar-refractivity contribution is -0.162. The first-order chi connectivity index (χ1) is 64.0. The van der Waals surface area contributed by atoms with Gasteiger partial charge in [0.25, 0.3) is 0 Å². The van der Waals surface area contributed by atoms with Gasteiger partial charge < -0.3 is 38.6 Å². The number of aliphatic hydroxyl groups excluding tert-OH is 1. The minimum absolute atomic E-state index is 0.0970. The van der Waals surface area contributed by atoms with Crippen molar-refractivity contribution in [1.82, 2.24) is 34.9 Å². The molecule has 706 valence electrons. The third-order valence-electron chi connectivity index (χ3n) is 22.0. The van der Waals surface area contributed by atoms with Crippen LogP contribution in [0.1, 0.15) is 199 Å². The molecule has 0 bridgehead atoms. The molecule has 4 atom stereocenters. The van der Waals surface area contributed by atoms with E-state index in [2.05, 4.69) is 58.3 Å². The molecule has 8 aromatic carbocycles. The summed E-state index contributed by atoms with van der Waals surface area (Å²) in [5.41, 5.74) is 20.9. The third kappa shape index (κ3) is 26.5. The Morgan fingerprint density at radius 3 is 0.846 bits per heavy atom. The van der Waals surface area contributed by atoms with Crippen LogP contribution < -0.4 is 0 Å². The first-order valence-corrected chi connectivity index (χ1v) is 46.9. The van der Waals surface area contributed by atoms with Crippen LogP contribution in [-0.4, -0.2) is 105 Å². The van der Waals surface area contributed by atoms with Gasteiger partial charge in [-0.25, -0.2) is 19.7 Å². The second kappa shape index (κ2) is 43.3. The second-order valence-electron chi connectivity index (χ2n) is 39.9. The highest BCUT2D eigenvalue weighted by molar-refractivity contribution is 6.31. The largest absolute Gasteiger partial charge is 0.479 e. The summed E-state index contributed by atoms with van der Waals surface area (Å²) >= 11 is 24.8. The predicted octanol–water partition coefficient (Wildman–Crippen LogP) is 29.6. The van der Waals surface area contributed by atoms with Crippen LogP contribution in [0.2, 0.25) is 20.1 Å². The maximum Gasteiger partial charge on any atom is 0.337 e. The van der Waals surface area contributed by atoms with Gasteiger partial charge in [0.1, 0.15) is 31.5 Å². The lowest BCUT2D eigenvalue weighted by atomic mass is 9.88. The normalized spacial score (nSPS) is 12.9. The van der Waals surface area contributed by atoms with Crippen molar-refractivity contribution in [2.45, 2.75) is 206 Å². The third-order valence-corrected chi connectivity index (χ3v) is 23.0. The van der Waals surface area contributed by atoms with E-state index in [0.717, 1.165) is 167 Å². The Balaban J connectivity index is 0.000000163. The molecule has 0 fully saturated rings. The van der Waals surface area contributed by atoms with Gasteiger partial charge in [-0.15, -0.1) is 0 Å². The molecule has 0 saturated carbocycles. The number of benzene rings is 8. The topological polar surface area (TPSA) is 237 Å². The fourth-order valence-corrected chi connectivity index (χ4v) is 16.7. The van der Waals surface area contributed by atoms with Crippen molar-refractivity contribution < 1.29 is 53.0 Å². The summed E-state index contributed by atoms with van der Waals surface area (Å²) in [5.74, 6) is -1.57. The summed E-state index contributed by atoms with van der Waals surface area (Å²) in [6.45, 7) is 44.8. The molecule has 7 aromatic heterocycles. The molecule has 18 nitrogen and oxygen atoms in total. The number of carbonyl (C=O) groups is 3. The molecular formula is C114H121Cl4N7O11. The molecule has 0 spiro atoms. The number of rotatable bonds is 21. The molecule has 15 rings (SSSR count). The molecular weight excluding hydrogens is 1790 g/mol. The van der Waals surface area contributed by atoms with E-state index >= 15 is 0 Å². The number of aliphatic carboxylic acids is 1. The summed E-state index contributed by atoms with van der Waals surface area (Å²) in [4.78, 5) is 70.5. The summed E-state index contributed by atoms with van der Waals surface area (Å²) in [6, 6.07) is 72.2. The minimum Gasteiger partial charge on any atom is -0.479 e. The highest BCUT2D eigenvalue weighted by atomic mass is 35.5. The SMILES string of the molecule is Cc1cc2nc(-c3ccccn3)ccc2c(-c2ccc(Cl)cc2)c1[C@@H](CO)OC(C)(C)C.Cc1cc2nc(-c3ccccn3)ccc2c(-c2ccc(Cl)cc2)c1[C@@H](COC(=O)C(C)(C)C)OC(C)(C)C.Cc1cc2nc(-c3ccccn3)ccc2c(-c2ccc(Cl)cc2)c1[C@H](OC(C)(C)C)C(=O)O.Cc1ccc2c(-c3ccc(Cl)cc3)c([C@@H](COC(=O)C(C)(C)C)OC(C)(C)C)c(C)cc2n1. The van der Waals surface area contributed by atoms with Gasteiger partial charge in [-0.1, -0.05) is 119 Å². The van der Waals surface area contributed by atoms with Gasteiger partial charge >= 0.3 is 17.9 Å². The summed E-state index contributed by atoms with van der Waals surface area (Å²) in [6.07, 6.45) is 2.71. The Morgan fingerprint density at radius 2 is 0.581 bits per heavy atom. The lowest BCUT2D eigenvalue weighted by Crippen LogP contribution is -2.30. The average Bonchev–Trinajstić information content (AvgIpc) is 0.767. The molecule has 2 N–H and O–H groups in total. The molecule has 0 saturated heterocycles. The molecule has 0 amide bonds. The van der Waals surface area contributed by atoms with Crippen LogP contribution in [0.25, 0.3) is 122 Å². The monoisotopic (exact) mass is 1900 g/mol. The molecule has 7 heterocycles. The number of carboxylic acids is 1. The fourth-order valence-electron chi connectivity index (χ4n) is 16.2. The number of halogens is 4. The van der Waals surface area contributed by atoms with E-state index < -0.39 is 63.6 Å². The highest BCUT2D eigenvalue weighted by Gasteiger charge is 2.36. The van der Waals surface area contributed by atoms with E-state index in [-0.39, 0.29) is 31.8 Å². The molecule has 15 aromatic rings. The van der Waals surface area contributed by atoms with E-state index in [1.807, 2.05) is 328 Å². The van der Waals surface area contributed by atoms with Crippen LogP contribution in [0.15, 0.2) is 243 Å². The van der Waals surface area contributed by atoms with Gasteiger partial charge in [-0.2, -0.15) is 0 Å². The van der Waals surface area contributed by atoms with E-state index in [9.17, 15) is 24.6 Å². The van der Waals surface area contributed by atoms with Crippen LogP contribution in [0.4, 0.5) is 0 Å². The molecule has 0 unspecified atom stereocenters. The first-order valence-electron chi connectivity index (χ1n) is 45.4. The average molecular weight is 1910 g/mol. The van der Waals surface area contributed by atoms with Gasteiger partial charge in [0.2, 0.25) is 0 Å². The predicted molar refractivity (Wildman–Crippen MR) is 552 cm³/mol. The van der Waals surface area contributed by atoms with Gasteiger partial charge in [0, 0.05) is 71.5 Å². The Kier molecular flexibility index (Phi) is 32.8. The number of carboxylic acid groups (broad SMARTS) is 1. The molecule has 0 aliphatic heterocycles. The highest BCUT2D eigenvalue weighted by Crippen LogP contribution is 2.47. The number of nitrogens with zero attached hydrogens (tertiary/aromatic N) is 7. The van der Waals surface area contributed by atoms with Gasteiger partial charge in [0.05, 0.1) is 96.1 Å². The van der Waals surface area contributed by atoms with E-state index in [1.165, 1.54) is 0 Å². The number of hydrogen-bond acceptors (Lipinski definition) is 17. The molecule has 136 heavy (non-hydrogen) atoms. The number of aryl methyl sites for hydroxylation is 5. The summed E-state index contributed by atoms with van der Waals surface area (Å²) in [5, 5.41) is 26.8. The van der Waals surface area contributed by atoms with Gasteiger partial charge in [-0.05, 0) is 394 Å². The Hall–Kier alpha value is -11.8. The second-order valence-corrected chi connectivity index (χ2v) is 41.6. The van der Waals surface area contributed by atoms with Gasteiger partial charge in [-0.3, -0.25) is 29.5 Å². The van der Waals surface area contributed by atoms with E-state index in [0.29, 0.717) is 25.7 Å². The Labute approximate surface area is 818 Å². The van der Waals surface area contributed by atoms with Crippen molar-refractivity contribution in [2.24, 2.45) is 10.8 Å². The zero-order chi connectivity index (χ0) is 98.8. The number of aliphatic hydroxyl groups is 1. The van der Waals surface area contributed by atoms with Crippen LogP contribution in [-0.2, 0) is 42.8 Å². The Bertz CT molecular complexity index is 6770. The quantitative estimate of drug-likeness (QED) is 0.0636. The van der Waals surface area contributed by atoms with E-state index in [1.54, 1.807) is 30.7 Å². The Morgan fingerprint density at radius 1 is 0.316 bits per heavy atom.